The summed E-state index contributed by atoms with van der Waals surface area (Å²) in [7, 11) is 0. The number of amides is 2. The molecule has 0 aliphatic rings. The molecule has 2 N–H and O–H groups in total. The van der Waals surface area contributed by atoms with E-state index < -0.39 is 0 Å². The number of urea groups is 1. The average Bonchev–Trinajstić information content (AvgIpc) is 2.42. The van der Waals surface area contributed by atoms with Gasteiger partial charge in [-0.2, -0.15) is 0 Å². The summed E-state index contributed by atoms with van der Waals surface area (Å²) in [6.07, 6.45) is 0. The van der Waals surface area contributed by atoms with E-state index in [1.54, 1.807) is 0 Å². The zero-order chi connectivity index (χ0) is 13.9. The highest BCUT2D eigenvalue weighted by Gasteiger charge is 1.98. The van der Waals surface area contributed by atoms with E-state index in [2.05, 4.69) is 10.6 Å². The maximum absolute atomic E-state index is 11.3. The summed E-state index contributed by atoms with van der Waals surface area (Å²) in [6.45, 7) is 6.56. The quantitative estimate of drug-likeness (QED) is 0.704. The lowest BCUT2D eigenvalue weighted by Crippen LogP contribution is -2.39. The molecule has 19 heavy (non-hydrogen) atoms. The zero-order valence-corrected chi connectivity index (χ0v) is 11.6. The van der Waals surface area contributed by atoms with E-state index in [1.165, 1.54) is 5.56 Å². The SMILES string of the molecule is CCOCCNC(=O)NCCOc1ccc(C)cc1. The first-order valence-corrected chi connectivity index (χ1v) is 6.51. The number of nitrogens with one attached hydrogen (secondary N) is 2. The molecule has 5 heteroatoms. The van der Waals surface area contributed by atoms with Gasteiger partial charge in [0.2, 0.25) is 0 Å². The lowest BCUT2D eigenvalue weighted by Gasteiger charge is -2.09. The third-order valence-electron chi connectivity index (χ3n) is 2.41. The van der Waals surface area contributed by atoms with Crippen molar-refractivity contribution in [1.82, 2.24) is 10.6 Å². The molecular weight excluding hydrogens is 244 g/mol. The second-order valence-electron chi connectivity index (χ2n) is 4.04. The fourth-order valence-electron chi connectivity index (χ4n) is 1.41. The van der Waals surface area contributed by atoms with E-state index >= 15 is 0 Å². The van der Waals surface area contributed by atoms with Gasteiger partial charge in [-0.05, 0) is 26.0 Å². The molecular formula is C14H22N2O3. The van der Waals surface area contributed by atoms with Crippen LogP contribution in [0.4, 0.5) is 4.79 Å². The Bertz CT molecular complexity index is 365. The Morgan fingerprint density at radius 2 is 1.74 bits per heavy atom. The maximum atomic E-state index is 11.3. The van der Waals surface area contributed by atoms with Crippen molar-refractivity contribution in [1.29, 1.82) is 0 Å². The Hall–Kier alpha value is -1.75. The van der Waals surface area contributed by atoms with Crippen LogP contribution in [0.15, 0.2) is 24.3 Å². The van der Waals surface area contributed by atoms with Crippen LogP contribution in [0.3, 0.4) is 0 Å². The van der Waals surface area contributed by atoms with E-state index in [9.17, 15) is 4.79 Å². The minimum atomic E-state index is -0.202. The van der Waals surface area contributed by atoms with Crippen LogP contribution in [0.1, 0.15) is 12.5 Å². The summed E-state index contributed by atoms with van der Waals surface area (Å²) >= 11 is 0. The number of hydrogen-bond donors (Lipinski definition) is 2. The molecule has 2 amide bonds. The van der Waals surface area contributed by atoms with Gasteiger partial charge in [0.15, 0.2) is 0 Å². The summed E-state index contributed by atoms with van der Waals surface area (Å²) in [5.41, 5.74) is 1.19. The van der Waals surface area contributed by atoms with Crippen molar-refractivity contribution in [3.8, 4) is 5.75 Å². The summed E-state index contributed by atoms with van der Waals surface area (Å²) in [5.74, 6) is 0.809. The first-order chi connectivity index (χ1) is 9.22. The standard InChI is InChI=1S/C14H22N2O3/c1-3-18-10-8-15-14(17)16-9-11-19-13-6-4-12(2)5-7-13/h4-7H,3,8-11H2,1-2H3,(H2,15,16,17). The van der Waals surface area contributed by atoms with Gasteiger partial charge in [0.25, 0.3) is 0 Å². The summed E-state index contributed by atoms with van der Waals surface area (Å²) < 4.78 is 10.6. The molecule has 0 saturated carbocycles. The fraction of sp³-hybridized carbons (Fsp3) is 0.500. The third kappa shape index (κ3) is 7.31. The molecule has 0 aromatic heterocycles. The molecule has 0 unspecified atom stereocenters. The first kappa shape index (κ1) is 15.3. The Morgan fingerprint density at radius 1 is 1.11 bits per heavy atom. The van der Waals surface area contributed by atoms with Crippen molar-refractivity contribution in [3.05, 3.63) is 29.8 Å². The van der Waals surface area contributed by atoms with E-state index in [-0.39, 0.29) is 6.03 Å². The van der Waals surface area contributed by atoms with Gasteiger partial charge in [0, 0.05) is 13.2 Å². The molecule has 0 aliphatic carbocycles. The summed E-state index contributed by atoms with van der Waals surface area (Å²) in [5, 5.41) is 5.40. The summed E-state index contributed by atoms with van der Waals surface area (Å²) in [4.78, 5) is 11.3. The van der Waals surface area contributed by atoms with Crippen LogP contribution in [-0.4, -0.2) is 38.9 Å². The molecule has 0 heterocycles. The smallest absolute Gasteiger partial charge is 0.314 e. The molecule has 0 spiro atoms. The van der Waals surface area contributed by atoms with E-state index in [0.717, 1.165) is 5.75 Å². The van der Waals surface area contributed by atoms with E-state index in [1.807, 2.05) is 38.1 Å². The lowest BCUT2D eigenvalue weighted by atomic mass is 10.2. The molecule has 0 aliphatic heterocycles. The summed E-state index contributed by atoms with van der Waals surface area (Å²) in [6, 6.07) is 7.61. The number of rotatable bonds is 8. The predicted octanol–water partition coefficient (Wildman–Crippen LogP) is 1.71. The zero-order valence-electron chi connectivity index (χ0n) is 11.6. The topological polar surface area (TPSA) is 59.6 Å². The van der Waals surface area contributed by atoms with E-state index in [0.29, 0.717) is 32.9 Å². The molecule has 0 saturated heterocycles. The highest BCUT2D eigenvalue weighted by molar-refractivity contribution is 5.73. The number of ether oxygens (including phenoxy) is 2. The van der Waals surface area contributed by atoms with Crippen LogP contribution >= 0.6 is 0 Å². The molecule has 1 rings (SSSR count). The van der Waals surface area contributed by atoms with Gasteiger partial charge in [-0.25, -0.2) is 4.79 Å². The van der Waals surface area contributed by atoms with Crippen LogP contribution in [0.25, 0.3) is 0 Å². The monoisotopic (exact) mass is 266 g/mol. The molecule has 0 fully saturated rings. The van der Waals surface area contributed by atoms with Gasteiger partial charge < -0.3 is 20.1 Å². The second kappa shape index (κ2) is 9.22. The van der Waals surface area contributed by atoms with Crippen molar-refractivity contribution in [2.75, 3.05) is 32.9 Å². The van der Waals surface area contributed by atoms with Crippen molar-refractivity contribution in [2.24, 2.45) is 0 Å². The Labute approximate surface area is 114 Å². The van der Waals surface area contributed by atoms with Gasteiger partial charge in [-0.1, -0.05) is 17.7 Å². The predicted molar refractivity (Wildman–Crippen MR) is 74.6 cm³/mol. The average molecular weight is 266 g/mol. The first-order valence-electron chi connectivity index (χ1n) is 6.51. The van der Waals surface area contributed by atoms with E-state index in [4.69, 9.17) is 9.47 Å². The highest BCUT2D eigenvalue weighted by atomic mass is 16.5. The van der Waals surface area contributed by atoms with Gasteiger partial charge >= 0.3 is 6.03 Å². The minimum absolute atomic E-state index is 0.202. The molecule has 1 aromatic rings. The molecule has 0 bridgehead atoms. The molecule has 0 radical (unpaired) electrons. The number of benzene rings is 1. The Balaban J connectivity index is 2.03. The minimum Gasteiger partial charge on any atom is -0.492 e. The lowest BCUT2D eigenvalue weighted by molar-refractivity contribution is 0.149. The second-order valence-corrected chi connectivity index (χ2v) is 4.04. The molecule has 1 aromatic carbocycles. The van der Waals surface area contributed by atoms with Crippen LogP contribution in [0, 0.1) is 6.92 Å². The molecule has 0 atom stereocenters. The van der Waals surface area contributed by atoms with Crippen molar-refractivity contribution >= 4 is 6.03 Å². The van der Waals surface area contributed by atoms with Gasteiger partial charge in [-0.3, -0.25) is 0 Å². The van der Waals surface area contributed by atoms with Crippen molar-refractivity contribution < 1.29 is 14.3 Å². The van der Waals surface area contributed by atoms with Crippen LogP contribution < -0.4 is 15.4 Å². The highest BCUT2D eigenvalue weighted by Crippen LogP contribution is 2.10. The molecule has 5 nitrogen and oxygen atoms in total. The number of aryl methyl sites for hydroxylation is 1. The third-order valence-corrected chi connectivity index (χ3v) is 2.41. The van der Waals surface area contributed by atoms with Crippen LogP contribution in [0.2, 0.25) is 0 Å². The fourth-order valence-corrected chi connectivity index (χ4v) is 1.41. The van der Waals surface area contributed by atoms with Gasteiger partial charge in [0.05, 0.1) is 13.2 Å². The van der Waals surface area contributed by atoms with Crippen molar-refractivity contribution in [2.45, 2.75) is 13.8 Å². The van der Waals surface area contributed by atoms with Gasteiger partial charge in [0.1, 0.15) is 12.4 Å². The number of hydrogen-bond acceptors (Lipinski definition) is 3. The van der Waals surface area contributed by atoms with Gasteiger partial charge in [-0.15, -0.1) is 0 Å². The normalized spacial score (nSPS) is 10.0. The Morgan fingerprint density at radius 3 is 2.37 bits per heavy atom. The maximum Gasteiger partial charge on any atom is 0.314 e. The largest absolute Gasteiger partial charge is 0.492 e. The molecule has 106 valence electrons. The Kier molecular flexibility index (Phi) is 7.43. The van der Waals surface area contributed by atoms with Crippen LogP contribution in [-0.2, 0) is 4.74 Å². The number of carbonyl (C=O) groups excluding carboxylic acids is 1. The number of carbonyl (C=O) groups is 1. The van der Waals surface area contributed by atoms with Crippen LogP contribution in [0.5, 0.6) is 5.75 Å². The van der Waals surface area contributed by atoms with Crippen molar-refractivity contribution in [3.63, 3.8) is 0 Å².